The van der Waals surface area contributed by atoms with Gasteiger partial charge in [0.25, 0.3) is 0 Å². The molecular formula is C13H16N2O. The highest BCUT2D eigenvalue weighted by Gasteiger charge is 2.25. The fourth-order valence-electron chi connectivity index (χ4n) is 2.41. The van der Waals surface area contributed by atoms with Crippen molar-refractivity contribution in [2.75, 3.05) is 13.2 Å². The molecule has 0 saturated carbocycles. The van der Waals surface area contributed by atoms with Crippen molar-refractivity contribution in [3.05, 3.63) is 36.0 Å². The second kappa shape index (κ2) is 3.92. The van der Waals surface area contributed by atoms with Gasteiger partial charge in [-0.2, -0.15) is 0 Å². The third-order valence-corrected chi connectivity index (χ3v) is 3.25. The van der Waals surface area contributed by atoms with E-state index in [0.717, 1.165) is 13.2 Å². The Morgan fingerprint density at radius 1 is 1.31 bits per heavy atom. The van der Waals surface area contributed by atoms with Crippen LogP contribution >= 0.6 is 0 Å². The van der Waals surface area contributed by atoms with Crippen LogP contribution in [0.2, 0.25) is 0 Å². The molecule has 2 aromatic rings. The first-order chi connectivity index (χ1) is 7.86. The summed E-state index contributed by atoms with van der Waals surface area (Å²) >= 11 is 0. The van der Waals surface area contributed by atoms with E-state index in [4.69, 9.17) is 4.74 Å². The second-order valence-corrected chi connectivity index (χ2v) is 4.32. The van der Waals surface area contributed by atoms with Crippen LogP contribution in [0.3, 0.4) is 0 Å². The van der Waals surface area contributed by atoms with Gasteiger partial charge in [0, 0.05) is 35.2 Å². The normalized spacial score (nSPS) is 26.1. The lowest BCUT2D eigenvalue weighted by atomic mass is 10.0. The highest BCUT2D eigenvalue weighted by Crippen LogP contribution is 2.29. The van der Waals surface area contributed by atoms with E-state index in [9.17, 15) is 0 Å². The zero-order valence-electron chi connectivity index (χ0n) is 9.36. The minimum absolute atomic E-state index is 0.157. The van der Waals surface area contributed by atoms with Gasteiger partial charge in [0.1, 0.15) is 0 Å². The van der Waals surface area contributed by atoms with Crippen molar-refractivity contribution in [3.63, 3.8) is 0 Å². The van der Waals surface area contributed by atoms with E-state index < -0.39 is 0 Å². The van der Waals surface area contributed by atoms with E-state index in [2.05, 4.69) is 41.6 Å². The molecule has 1 aliphatic heterocycles. The molecular weight excluding hydrogens is 200 g/mol. The van der Waals surface area contributed by atoms with Gasteiger partial charge >= 0.3 is 0 Å². The largest absolute Gasteiger partial charge is 0.371 e. The molecule has 84 valence electrons. The highest BCUT2D eigenvalue weighted by atomic mass is 16.5. The predicted molar refractivity (Wildman–Crippen MR) is 64.5 cm³/mol. The molecule has 3 nitrogen and oxygen atoms in total. The molecule has 0 aliphatic carbocycles. The highest BCUT2D eigenvalue weighted by molar-refractivity contribution is 5.83. The van der Waals surface area contributed by atoms with Crippen molar-refractivity contribution in [3.8, 4) is 0 Å². The summed E-state index contributed by atoms with van der Waals surface area (Å²) in [7, 11) is 0. The van der Waals surface area contributed by atoms with Gasteiger partial charge in [-0.25, -0.2) is 0 Å². The Balaban J connectivity index is 2.04. The molecule has 0 radical (unpaired) electrons. The maximum absolute atomic E-state index is 5.86. The number of fused-ring (bicyclic) bond motifs is 1. The summed E-state index contributed by atoms with van der Waals surface area (Å²) in [6, 6.07) is 8.73. The summed E-state index contributed by atoms with van der Waals surface area (Å²) in [6.45, 7) is 3.90. The molecule has 1 aromatic carbocycles. The molecule has 1 saturated heterocycles. The van der Waals surface area contributed by atoms with Gasteiger partial charge in [-0.15, -0.1) is 0 Å². The van der Waals surface area contributed by atoms with Crippen LogP contribution < -0.4 is 5.32 Å². The Bertz CT molecular complexity index is 491. The average molecular weight is 216 g/mol. The first-order valence-electron chi connectivity index (χ1n) is 5.77. The number of benzene rings is 1. The SMILES string of the molecule is CC1NCCOC1c1c[nH]c2ccccc12. The van der Waals surface area contributed by atoms with Crippen molar-refractivity contribution in [1.82, 2.24) is 10.3 Å². The monoisotopic (exact) mass is 216 g/mol. The molecule has 1 aromatic heterocycles. The number of hydrogen-bond donors (Lipinski definition) is 2. The number of hydrogen-bond acceptors (Lipinski definition) is 2. The van der Waals surface area contributed by atoms with E-state index in [1.807, 2.05) is 6.07 Å². The lowest BCUT2D eigenvalue weighted by Crippen LogP contribution is -2.41. The average Bonchev–Trinajstić information content (AvgIpc) is 2.74. The van der Waals surface area contributed by atoms with Crippen molar-refractivity contribution < 1.29 is 4.74 Å². The Morgan fingerprint density at radius 2 is 2.19 bits per heavy atom. The summed E-state index contributed by atoms with van der Waals surface area (Å²) in [5.74, 6) is 0. The van der Waals surface area contributed by atoms with Gasteiger partial charge in [-0.3, -0.25) is 0 Å². The molecule has 2 unspecified atom stereocenters. The van der Waals surface area contributed by atoms with E-state index >= 15 is 0 Å². The molecule has 16 heavy (non-hydrogen) atoms. The third kappa shape index (κ3) is 1.52. The van der Waals surface area contributed by atoms with Gasteiger partial charge in [0.2, 0.25) is 0 Å². The van der Waals surface area contributed by atoms with Gasteiger partial charge in [0.15, 0.2) is 0 Å². The van der Waals surface area contributed by atoms with Crippen LogP contribution in [0.15, 0.2) is 30.5 Å². The van der Waals surface area contributed by atoms with Crippen LogP contribution in [0.4, 0.5) is 0 Å². The number of para-hydroxylation sites is 1. The predicted octanol–water partition coefficient (Wildman–Crippen LogP) is 2.22. The molecule has 2 atom stereocenters. The summed E-state index contributed by atoms with van der Waals surface area (Å²) in [6.07, 6.45) is 2.23. The Kier molecular flexibility index (Phi) is 2.42. The number of ether oxygens (including phenoxy) is 1. The van der Waals surface area contributed by atoms with Crippen molar-refractivity contribution >= 4 is 10.9 Å². The quantitative estimate of drug-likeness (QED) is 0.767. The van der Waals surface area contributed by atoms with Crippen LogP contribution in [0, 0.1) is 0 Å². The summed E-state index contributed by atoms with van der Waals surface area (Å²) in [5.41, 5.74) is 2.44. The van der Waals surface area contributed by atoms with E-state index in [1.165, 1.54) is 16.5 Å². The Hall–Kier alpha value is -1.32. The zero-order chi connectivity index (χ0) is 11.0. The van der Waals surface area contributed by atoms with Crippen LogP contribution in [0.5, 0.6) is 0 Å². The fourth-order valence-corrected chi connectivity index (χ4v) is 2.41. The van der Waals surface area contributed by atoms with Crippen LogP contribution in [-0.2, 0) is 4.74 Å². The van der Waals surface area contributed by atoms with Gasteiger partial charge in [-0.1, -0.05) is 18.2 Å². The van der Waals surface area contributed by atoms with Crippen molar-refractivity contribution in [2.24, 2.45) is 0 Å². The van der Waals surface area contributed by atoms with Gasteiger partial charge in [-0.05, 0) is 13.0 Å². The number of aromatic nitrogens is 1. The lowest BCUT2D eigenvalue weighted by Gasteiger charge is -2.30. The fraction of sp³-hybridized carbons (Fsp3) is 0.385. The molecule has 2 heterocycles. The minimum atomic E-state index is 0.157. The Labute approximate surface area is 94.8 Å². The topological polar surface area (TPSA) is 37.0 Å². The second-order valence-electron chi connectivity index (χ2n) is 4.32. The molecule has 0 bridgehead atoms. The molecule has 3 heteroatoms. The van der Waals surface area contributed by atoms with Crippen molar-refractivity contribution in [1.29, 1.82) is 0 Å². The van der Waals surface area contributed by atoms with Crippen LogP contribution in [-0.4, -0.2) is 24.2 Å². The summed E-state index contributed by atoms with van der Waals surface area (Å²) in [5, 5.41) is 4.71. The lowest BCUT2D eigenvalue weighted by molar-refractivity contribution is 0.000669. The summed E-state index contributed by atoms with van der Waals surface area (Å²) < 4.78 is 5.86. The smallest absolute Gasteiger partial charge is 0.0996 e. The van der Waals surface area contributed by atoms with E-state index in [-0.39, 0.29) is 6.10 Å². The molecule has 1 fully saturated rings. The molecule has 1 aliphatic rings. The standard InChI is InChI=1S/C13H16N2O/c1-9-13(16-7-6-14-9)11-8-15-12-5-3-2-4-10(11)12/h2-5,8-9,13-15H,6-7H2,1H3. The van der Waals surface area contributed by atoms with Crippen LogP contribution in [0.25, 0.3) is 10.9 Å². The Morgan fingerprint density at radius 3 is 3.06 bits per heavy atom. The summed E-state index contributed by atoms with van der Waals surface area (Å²) in [4.78, 5) is 3.30. The zero-order valence-corrected chi connectivity index (χ0v) is 9.36. The number of morpholine rings is 1. The molecule has 0 amide bonds. The maximum Gasteiger partial charge on any atom is 0.0996 e. The molecule has 0 spiro atoms. The number of rotatable bonds is 1. The molecule has 3 rings (SSSR count). The first kappa shape index (κ1) is 9.87. The van der Waals surface area contributed by atoms with Gasteiger partial charge in [0.05, 0.1) is 12.7 Å². The van der Waals surface area contributed by atoms with Crippen LogP contribution in [0.1, 0.15) is 18.6 Å². The van der Waals surface area contributed by atoms with E-state index in [0.29, 0.717) is 6.04 Å². The third-order valence-electron chi connectivity index (χ3n) is 3.25. The first-order valence-corrected chi connectivity index (χ1v) is 5.77. The number of H-pyrrole nitrogens is 1. The number of nitrogens with one attached hydrogen (secondary N) is 2. The van der Waals surface area contributed by atoms with Crippen molar-refractivity contribution in [2.45, 2.75) is 19.1 Å². The van der Waals surface area contributed by atoms with Gasteiger partial charge < -0.3 is 15.0 Å². The maximum atomic E-state index is 5.86. The minimum Gasteiger partial charge on any atom is -0.371 e. The molecule has 2 N–H and O–H groups in total. The van der Waals surface area contributed by atoms with E-state index in [1.54, 1.807) is 0 Å². The number of aromatic amines is 1.